The van der Waals surface area contributed by atoms with E-state index in [4.69, 9.17) is 21.1 Å². The minimum absolute atomic E-state index is 0.0290. The van der Waals surface area contributed by atoms with E-state index in [1.54, 1.807) is 0 Å². The van der Waals surface area contributed by atoms with Crippen molar-refractivity contribution in [3.63, 3.8) is 0 Å². The molecule has 0 radical (unpaired) electrons. The zero-order chi connectivity index (χ0) is 24.6. The molecule has 2 aromatic carbocycles. The van der Waals surface area contributed by atoms with Crippen LogP contribution in [0, 0.1) is 11.2 Å². The highest BCUT2D eigenvalue weighted by atomic mass is 35.5. The van der Waals surface area contributed by atoms with Gasteiger partial charge in [-0.25, -0.2) is 4.39 Å². The Balaban J connectivity index is 1.15. The van der Waals surface area contributed by atoms with E-state index in [1.807, 2.05) is 0 Å². The molecule has 0 unspecified atom stereocenters. The topological polar surface area (TPSA) is 73.9 Å². The van der Waals surface area contributed by atoms with E-state index in [-0.39, 0.29) is 58.1 Å². The van der Waals surface area contributed by atoms with E-state index in [1.165, 1.54) is 24.3 Å². The molecular weight excluding hydrogens is 482 g/mol. The van der Waals surface area contributed by atoms with Crippen LogP contribution in [0.25, 0.3) is 0 Å². The van der Waals surface area contributed by atoms with Crippen LogP contribution in [-0.4, -0.2) is 36.8 Å². The van der Waals surface area contributed by atoms with E-state index in [9.17, 15) is 27.2 Å². The van der Waals surface area contributed by atoms with Crippen LogP contribution in [0.5, 0.6) is 17.2 Å². The number of carbonyl (C=O) groups is 2. The summed E-state index contributed by atoms with van der Waals surface area (Å²) in [6, 6.07) is 8.69. The maximum Gasteiger partial charge on any atom is 0.573 e. The summed E-state index contributed by atoms with van der Waals surface area (Å²) in [6.07, 6.45) is -2.48. The molecule has 0 spiro atoms. The first-order valence-electron chi connectivity index (χ1n) is 10.3. The second kappa shape index (κ2) is 8.98. The van der Waals surface area contributed by atoms with Gasteiger partial charge in [0.05, 0.1) is 5.02 Å². The molecule has 0 aliphatic heterocycles. The van der Waals surface area contributed by atoms with Crippen molar-refractivity contribution < 1.29 is 41.4 Å². The second-order valence-corrected chi connectivity index (χ2v) is 9.15. The summed E-state index contributed by atoms with van der Waals surface area (Å²) in [7, 11) is 0. The SMILES string of the molecule is O=C(COc1ccc(Cl)c(F)c1)CC12CC(NC(=O)COc3ccc(OC(F)(F)F)cc3)(C1)C2. The molecule has 182 valence electrons. The summed E-state index contributed by atoms with van der Waals surface area (Å²) in [5.41, 5.74) is -0.514. The van der Waals surface area contributed by atoms with Crippen LogP contribution in [0.1, 0.15) is 25.7 Å². The quantitative estimate of drug-likeness (QED) is 0.472. The highest BCUT2D eigenvalue weighted by Crippen LogP contribution is 2.69. The number of Topliss-reactive ketones (excluding diaryl/α,β-unsaturated/α-hetero) is 1. The molecule has 3 aliphatic rings. The minimum atomic E-state index is -4.78. The molecule has 5 rings (SSSR count). The maximum atomic E-state index is 13.4. The number of ether oxygens (including phenoxy) is 3. The van der Waals surface area contributed by atoms with Crippen LogP contribution in [0.2, 0.25) is 5.02 Å². The van der Waals surface area contributed by atoms with E-state index in [0.717, 1.165) is 18.2 Å². The molecule has 1 N–H and O–H groups in total. The molecular formula is C23H20ClF4NO5. The van der Waals surface area contributed by atoms with Gasteiger partial charge in [0.2, 0.25) is 0 Å². The monoisotopic (exact) mass is 501 g/mol. The first-order chi connectivity index (χ1) is 15.9. The van der Waals surface area contributed by atoms with Gasteiger partial charge in [-0.3, -0.25) is 9.59 Å². The van der Waals surface area contributed by atoms with Gasteiger partial charge in [-0.05, 0) is 61.1 Å². The van der Waals surface area contributed by atoms with Crippen LogP contribution in [0.3, 0.4) is 0 Å². The van der Waals surface area contributed by atoms with E-state index < -0.39 is 12.2 Å². The average molecular weight is 502 g/mol. The molecule has 0 aromatic heterocycles. The van der Waals surface area contributed by atoms with Crippen molar-refractivity contribution in [2.24, 2.45) is 5.41 Å². The van der Waals surface area contributed by atoms with Gasteiger partial charge in [0.1, 0.15) is 29.7 Å². The van der Waals surface area contributed by atoms with Gasteiger partial charge < -0.3 is 19.5 Å². The molecule has 3 aliphatic carbocycles. The molecule has 0 saturated heterocycles. The van der Waals surface area contributed by atoms with Crippen LogP contribution in [0.15, 0.2) is 42.5 Å². The molecule has 3 fully saturated rings. The number of carbonyl (C=O) groups excluding carboxylic acids is 2. The molecule has 11 heteroatoms. The summed E-state index contributed by atoms with van der Waals surface area (Å²) in [4.78, 5) is 24.5. The van der Waals surface area contributed by atoms with Gasteiger partial charge >= 0.3 is 6.36 Å². The van der Waals surface area contributed by atoms with Crippen LogP contribution < -0.4 is 19.5 Å². The molecule has 2 bridgehead atoms. The Morgan fingerprint density at radius 1 is 0.941 bits per heavy atom. The van der Waals surface area contributed by atoms with Gasteiger partial charge in [-0.15, -0.1) is 13.2 Å². The molecule has 34 heavy (non-hydrogen) atoms. The Bertz CT molecular complexity index is 1070. The Labute approximate surface area is 197 Å². The number of rotatable bonds is 10. The number of ketones is 1. The molecule has 1 amide bonds. The first-order valence-corrected chi connectivity index (χ1v) is 10.7. The van der Waals surface area contributed by atoms with Crippen molar-refractivity contribution in [3.8, 4) is 17.2 Å². The fourth-order valence-corrected chi connectivity index (χ4v) is 4.85. The molecule has 2 aromatic rings. The lowest BCUT2D eigenvalue weighted by Crippen LogP contribution is -2.75. The Morgan fingerprint density at radius 2 is 1.53 bits per heavy atom. The number of benzene rings is 2. The van der Waals surface area contributed by atoms with Gasteiger partial charge in [-0.2, -0.15) is 0 Å². The third kappa shape index (κ3) is 5.72. The van der Waals surface area contributed by atoms with Gasteiger partial charge in [0.15, 0.2) is 12.4 Å². The number of hydrogen-bond acceptors (Lipinski definition) is 5. The number of amides is 1. The summed E-state index contributed by atoms with van der Waals surface area (Å²) in [5.74, 6) is -1.03. The number of alkyl halides is 3. The molecule has 0 atom stereocenters. The van der Waals surface area contributed by atoms with Crippen molar-refractivity contribution in [1.82, 2.24) is 5.32 Å². The lowest BCUT2D eigenvalue weighted by Gasteiger charge is -2.70. The number of hydrogen-bond donors (Lipinski definition) is 1. The van der Waals surface area contributed by atoms with Gasteiger partial charge in [-0.1, -0.05) is 11.6 Å². The Morgan fingerprint density at radius 3 is 2.15 bits per heavy atom. The fraction of sp³-hybridized carbons (Fsp3) is 0.391. The van der Waals surface area contributed by atoms with Gasteiger partial charge in [0.25, 0.3) is 5.91 Å². The Kier molecular flexibility index (Phi) is 6.37. The lowest BCUT2D eigenvalue weighted by atomic mass is 9.38. The molecule has 0 heterocycles. The summed E-state index contributed by atoms with van der Waals surface area (Å²) in [6.45, 7) is -0.471. The average Bonchev–Trinajstić information content (AvgIpc) is 2.70. The minimum Gasteiger partial charge on any atom is -0.486 e. The van der Waals surface area contributed by atoms with E-state index in [0.29, 0.717) is 25.7 Å². The first kappa shape index (κ1) is 24.1. The highest BCUT2D eigenvalue weighted by molar-refractivity contribution is 6.30. The van der Waals surface area contributed by atoms with Crippen molar-refractivity contribution >= 4 is 23.3 Å². The predicted octanol–water partition coefficient (Wildman–Crippen LogP) is 4.83. The lowest BCUT2D eigenvalue weighted by molar-refractivity contribution is -0.274. The number of nitrogens with one attached hydrogen (secondary N) is 1. The van der Waals surface area contributed by atoms with Crippen LogP contribution in [0.4, 0.5) is 17.6 Å². The van der Waals surface area contributed by atoms with Gasteiger partial charge in [0, 0.05) is 18.0 Å². The highest BCUT2D eigenvalue weighted by Gasteiger charge is 2.68. The van der Waals surface area contributed by atoms with Crippen molar-refractivity contribution in [2.75, 3.05) is 13.2 Å². The van der Waals surface area contributed by atoms with Crippen LogP contribution >= 0.6 is 11.6 Å². The van der Waals surface area contributed by atoms with Crippen molar-refractivity contribution in [1.29, 1.82) is 0 Å². The maximum absolute atomic E-state index is 13.4. The molecule has 6 nitrogen and oxygen atoms in total. The Hall–Kier alpha value is -3.01. The normalized spacial score (nSPS) is 22.7. The van der Waals surface area contributed by atoms with E-state index in [2.05, 4.69) is 10.1 Å². The van der Waals surface area contributed by atoms with Crippen molar-refractivity contribution in [3.05, 3.63) is 53.3 Å². The summed E-state index contributed by atoms with van der Waals surface area (Å²) < 4.78 is 64.4. The van der Waals surface area contributed by atoms with E-state index >= 15 is 0 Å². The zero-order valence-corrected chi connectivity index (χ0v) is 18.5. The smallest absolute Gasteiger partial charge is 0.486 e. The third-order valence-corrected chi connectivity index (χ3v) is 6.14. The van der Waals surface area contributed by atoms with Crippen molar-refractivity contribution in [2.45, 2.75) is 37.6 Å². The second-order valence-electron chi connectivity index (χ2n) is 8.75. The summed E-state index contributed by atoms with van der Waals surface area (Å²) in [5, 5.41) is 2.88. The summed E-state index contributed by atoms with van der Waals surface area (Å²) >= 11 is 5.61. The molecule has 3 saturated carbocycles. The standard InChI is InChI=1S/C23H20ClF4NO5/c24-18-6-5-17(7-19(18)25)32-9-14(30)8-21-11-22(12-21,13-21)29-20(31)10-33-15-1-3-16(4-2-15)34-23(26,27)28/h1-7H,8-13H2,(H,29,31). The zero-order valence-electron chi connectivity index (χ0n) is 17.7. The predicted molar refractivity (Wildman–Crippen MR) is 112 cm³/mol. The van der Waals surface area contributed by atoms with Crippen LogP contribution in [-0.2, 0) is 9.59 Å². The largest absolute Gasteiger partial charge is 0.573 e. The third-order valence-electron chi connectivity index (χ3n) is 5.84. The fourth-order valence-electron chi connectivity index (χ4n) is 4.74. The number of halogens is 5.